The third-order valence-corrected chi connectivity index (χ3v) is 2.69. The zero-order chi connectivity index (χ0) is 9.90. The van der Waals surface area contributed by atoms with Gasteiger partial charge in [0.25, 0.3) is 0 Å². The lowest BCUT2D eigenvalue weighted by Crippen LogP contribution is -2.08. The van der Waals surface area contributed by atoms with Gasteiger partial charge in [0.15, 0.2) is 0 Å². The van der Waals surface area contributed by atoms with Gasteiger partial charge in [-0.3, -0.25) is 4.72 Å². The van der Waals surface area contributed by atoms with Crippen LogP contribution in [0, 0.1) is 0 Å². The average molecular weight is 222 g/mol. The molecule has 0 fully saturated rings. The second kappa shape index (κ2) is 3.99. The number of sulfonamides is 1. The van der Waals surface area contributed by atoms with Crippen LogP contribution in [-0.2, 0) is 16.4 Å². The first-order chi connectivity index (χ1) is 6.01. The van der Waals surface area contributed by atoms with Crippen molar-refractivity contribution in [2.24, 2.45) is 5.73 Å². The van der Waals surface area contributed by atoms with Crippen LogP contribution in [-0.4, -0.2) is 31.4 Å². The summed E-state index contributed by atoms with van der Waals surface area (Å²) >= 11 is 1.19. The van der Waals surface area contributed by atoms with Crippen molar-refractivity contribution in [1.82, 2.24) is 10.2 Å². The Labute approximate surface area is 80.2 Å². The Morgan fingerprint density at radius 1 is 1.54 bits per heavy atom. The normalized spacial score (nSPS) is 11.5. The predicted octanol–water partition coefficient (Wildman–Crippen LogP) is -0.589. The van der Waals surface area contributed by atoms with Crippen LogP contribution >= 0.6 is 11.3 Å². The van der Waals surface area contributed by atoms with Crippen LogP contribution in [0.4, 0.5) is 5.13 Å². The van der Waals surface area contributed by atoms with Gasteiger partial charge in [0.05, 0.1) is 6.26 Å². The van der Waals surface area contributed by atoms with E-state index in [-0.39, 0.29) is 5.13 Å². The number of aromatic nitrogens is 2. The second-order valence-electron chi connectivity index (χ2n) is 2.41. The maximum Gasteiger partial charge on any atom is 0.231 e. The minimum atomic E-state index is -3.25. The number of nitrogens with one attached hydrogen (secondary N) is 1. The van der Waals surface area contributed by atoms with Crippen molar-refractivity contribution in [1.29, 1.82) is 0 Å². The van der Waals surface area contributed by atoms with Gasteiger partial charge in [-0.2, -0.15) is 0 Å². The fourth-order valence-electron chi connectivity index (χ4n) is 0.678. The van der Waals surface area contributed by atoms with E-state index in [0.717, 1.165) is 11.3 Å². The summed E-state index contributed by atoms with van der Waals surface area (Å²) in [6, 6.07) is 0. The molecule has 74 valence electrons. The topological polar surface area (TPSA) is 98.0 Å². The van der Waals surface area contributed by atoms with Crippen LogP contribution in [0.1, 0.15) is 5.01 Å². The zero-order valence-electron chi connectivity index (χ0n) is 7.02. The smallest absolute Gasteiger partial charge is 0.231 e. The van der Waals surface area contributed by atoms with Gasteiger partial charge < -0.3 is 5.73 Å². The van der Waals surface area contributed by atoms with Gasteiger partial charge in [0.2, 0.25) is 15.2 Å². The highest BCUT2D eigenvalue weighted by atomic mass is 32.2. The third-order valence-electron chi connectivity index (χ3n) is 1.10. The molecule has 0 radical (unpaired) electrons. The Morgan fingerprint density at radius 3 is 2.77 bits per heavy atom. The molecule has 13 heavy (non-hydrogen) atoms. The average Bonchev–Trinajstić information content (AvgIpc) is 2.33. The predicted molar refractivity (Wildman–Crippen MR) is 51.1 cm³/mol. The lowest BCUT2D eigenvalue weighted by atomic mass is 10.5. The number of anilines is 1. The Kier molecular flexibility index (Phi) is 3.17. The van der Waals surface area contributed by atoms with Crippen LogP contribution in [0.15, 0.2) is 0 Å². The molecule has 0 atom stereocenters. The Hall–Kier alpha value is -0.730. The van der Waals surface area contributed by atoms with Crippen molar-refractivity contribution in [2.75, 3.05) is 17.5 Å². The van der Waals surface area contributed by atoms with E-state index in [1.165, 1.54) is 11.3 Å². The summed E-state index contributed by atoms with van der Waals surface area (Å²) in [5.41, 5.74) is 5.30. The van der Waals surface area contributed by atoms with Crippen LogP contribution in [0.5, 0.6) is 0 Å². The van der Waals surface area contributed by atoms with Crippen LogP contribution < -0.4 is 10.5 Å². The minimum Gasteiger partial charge on any atom is -0.330 e. The van der Waals surface area contributed by atoms with E-state index < -0.39 is 10.0 Å². The van der Waals surface area contributed by atoms with Crippen LogP contribution in [0.3, 0.4) is 0 Å². The van der Waals surface area contributed by atoms with Crippen LogP contribution in [0.25, 0.3) is 0 Å². The highest BCUT2D eigenvalue weighted by Crippen LogP contribution is 2.15. The van der Waals surface area contributed by atoms with Gasteiger partial charge in [-0.1, -0.05) is 11.3 Å². The summed E-state index contributed by atoms with van der Waals surface area (Å²) in [6.07, 6.45) is 1.68. The molecule has 8 heteroatoms. The molecule has 0 aromatic carbocycles. The molecule has 0 saturated heterocycles. The van der Waals surface area contributed by atoms with Crippen molar-refractivity contribution in [3.63, 3.8) is 0 Å². The van der Waals surface area contributed by atoms with Crippen molar-refractivity contribution < 1.29 is 8.42 Å². The minimum absolute atomic E-state index is 0.283. The molecule has 6 nitrogen and oxygen atoms in total. The number of nitrogens with two attached hydrogens (primary N) is 1. The first kappa shape index (κ1) is 10.4. The molecule has 1 aromatic heterocycles. The molecule has 0 spiro atoms. The molecule has 1 aromatic rings. The molecule has 3 N–H and O–H groups in total. The molecule has 1 heterocycles. The Bertz CT molecular complexity index is 372. The van der Waals surface area contributed by atoms with Crippen molar-refractivity contribution in [3.8, 4) is 0 Å². The highest BCUT2D eigenvalue weighted by Gasteiger charge is 2.07. The summed E-state index contributed by atoms with van der Waals surface area (Å²) in [5.74, 6) is 0. The van der Waals surface area contributed by atoms with E-state index in [2.05, 4.69) is 14.9 Å². The molecular formula is C5H10N4O2S2. The lowest BCUT2D eigenvalue weighted by Gasteiger charge is -1.94. The summed E-state index contributed by atoms with van der Waals surface area (Å²) in [5, 5.41) is 8.41. The third kappa shape index (κ3) is 3.66. The first-order valence-electron chi connectivity index (χ1n) is 3.51. The molecule has 0 saturated carbocycles. The summed E-state index contributed by atoms with van der Waals surface area (Å²) in [4.78, 5) is 0. The van der Waals surface area contributed by atoms with Gasteiger partial charge in [0, 0.05) is 6.42 Å². The van der Waals surface area contributed by atoms with E-state index in [1.807, 2.05) is 0 Å². The van der Waals surface area contributed by atoms with Gasteiger partial charge in [0.1, 0.15) is 5.01 Å². The largest absolute Gasteiger partial charge is 0.330 e. The molecule has 0 aliphatic rings. The van der Waals surface area contributed by atoms with Crippen molar-refractivity contribution in [3.05, 3.63) is 5.01 Å². The fourth-order valence-corrected chi connectivity index (χ4v) is 2.26. The SMILES string of the molecule is CS(=O)(=O)Nc1nnc(CCN)s1. The zero-order valence-corrected chi connectivity index (χ0v) is 8.65. The first-order valence-corrected chi connectivity index (χ1v) is 6.22. The lowest BCUT2D eigenvalue weighted by molar-refractivity contribution is 0.606. The van der Waals surface area contributed by atoms with Crippen molar-refractivity contribution in [2.45, 2.75) is 6.42 Å². The van der Waals surface area contributed by atoms with Gasteiger partial charge >= 0.3 is 0 Å². The number of nitrogens with zero attached hydrogens (tertiary/aromatic N) is 2. The van der Waals surface area contributed by atoms with Crippen LogP contribution in [0.2, 0.25) is 0 Å². The summed E-state index contributed by atoms with van der Waals surface area (Å²) in [6.45, 7) is 0.480. The summed E-state index contributed by atoms with van der Waals surface area (Å²) in [7, 11) is -3.25. The van der Waals surface area contributed by atoms with E-state index in [4.69, 9.17) is 5.73 Å². The maximum atomic E-state index is 10.8. The molecule has 0 amide bonds. The maximum absolute atomic E-state index is 10.8. The molecule has 0 aliphatic carbocycles. The molecule has 1 rings (SSSR count). The monoisotopic (exact) mass is 222 g/mol. The molecule has 0 unspecified atom stereocenters. The standard InChI is InChI=1S/C5H10N4O2S2/c1-13(10,11)9-5-8-7-4(12-5)2-3-6/h2-3,6H2,1H3,(H,8,9). The van der Waals surface area contributed by atoms with Crippen molar-refractivity contribution >= 4 is 26.5 Å². The molecular weight excluding hydrogens is 212 g/mol. The molecule has 0 bridgehead atoms. The van der Waals surface area contributed by atoms with E-state index in [0.29, 0.717) is 13.0 Å². The van der Waals surface area contributed by atoms with Gasteiger partial charge in [-0.15, -0.1) is 10.2 Å². The van der Waals surface area contributed by atoms with E-state index in [9.17, 15) is 8.42 Å². The molecule has 0 aliphatic heterocycles. The summed E-state index contributed by atoms with van der Waals surface area (Å²) < 4.78 is 23.8. The van der Waals surface area contributed by atoms with Gasteiger partial charge in [-0.05, 0) is 6.54 Å². The Morgan fingerprint density at radius 2 is 2.23 bits per heavy atom. The number of hydrogen-bond acceptors (Lipinski definition) is 6. The Balaban J connectivity index is 2.69. The highest BCUT2D eigenvalue weighted by molar-refractivity contribution is 7.92. The van der Waals surface area contributed by atoms with Gasteiger partial charge in [-0.25, -0.2) is 8.42 Å². The fraction of sp³-hybridized carbons (Fsp3) is 0.600. The number of rotatable bonds is 4. The van der Waals surface area contributed by atoms with E-state index >= 15 is 0 Å². The number of hydrogen-bond donors (Lipinski definition) is 2. The quantitative estimate of drug-likeness (QED) is 0.709. The van der Waals surface area contributed by atoms with E-state index in [1.54, 1.807) is 0 Å². The second-order valence-corrected chi connectivity index (χ2v) is 5.22.